The van der Waals surface area contributed by atoms with Crippen LogP contribution in [0.15, 0.2) is 34.7 Å². The summed E-state index contributed by atoms with van der Waals surface area (Å²) in [5.41, 5.74) is 7.84. The zero-order valence-electron chi connectivity index (χ0n) is 9.39. The molecule has 0 aliphatic heterocycles. The van der Waals surface area contributed by atoms with E-state index in [4.69, 9.17) is 28.9 Å². The van der Waals surface area contributed by atoms with Crippen LogP contribution in [0, 0.1) is 0 Å². The molecule has 2 heterocycles. The van der Waals surface area contributed by atoms with Crippen LogP contribution in [-0.2, 0) is 0 Å². The molecule has 0 unspecified atom stereocenters. The molecule has 0 saturated carbocycles. The molecule has 0 saturated heterocycles. The van der Waals surface area contributed by atoms with Crippen LogP contribution >= 0.6 is 35.0 Å². The van der Waals surface area contributed by atoms with Crippen molar-refractivity contribution in [3.8, 4) is 0 Å². The highest BCUT2D eigenvalue weighted by Crippen LogP contribution is 2.37. The Hall–Kier alpha value is -1.50. The fourth-order valence-corrected chi connectivity index (χ4v) is 2.87. The van der Waals surface area contributed by atoms with E-state index in [0.717, 1.165) is 15.4 Å². The number of H-pyrrole nitrogens is 1. The molecule has 0 aliphatic rings. The van der Waals surface area contributed by atoms with E-state index < -0.39 is 0 Å². The number of hydrogen-bond acceptors (Lipinski definition) is 5. The number of fused-ring (bicyclic) bond motifs is 1. The number of nitrogens with zero attached hydrogens (tertiary/aromatic N) is 3. The number of aromatic nitrogens is 4. The molecule has 3 aromatic rings. The van der Waals surface area contributed by atoms with Crippen LogP contribution in [-0.4, -0.2) is 19.9 Å². The molecule has 0 spiro atoms. The number of imidazole rings is 1. The minimum Gasteiger partial charge on any atom is -0.398 e. The lowest BCUT2D eigenvalue weighted by Crippen LogP contribution is -1.91. The zero-order valence-corrected chi connectivity index (χ0v) is 11.7. The van der Waals surface area contributed by atoms with Crippen LogP contribution in [0.25, 0.3) is 11.2 Å². The van der Waals surface area contributed by atoms with Gasteiger partial charge in [-0.3, -0.25) is 0 Å². The van der Waals surface area contributed by atoms with Crippen LogP contribution in [0.2, 0.25) is 10.0 Å². The molecule has 1 aromatic carbocycles. The van der Waals surface area contributed by atoms with Crippen molar-refractivity contribution in [1.82, 2.24) is 19.9 Å². The van der Waals surface area contributed by atoms with E-state index in [0.29, 0.717) is 21.4 Å². The van der Waals surface area contributed by atoms with Gasteiger partial charge in [-0.25, -0.2) is 15.0 Å². The third-order valence-electron chi connectivity index (χ3n) is 2.45. The fourth-order valence-electron chi connectivity index (χ4n) is 1.56. The average molecular weight is 312 g/mol. The van der Waals surface area contributed by atoms with Gasteiger partial charge in [-0.15, -0.1) is 0 Å². The fraction of sp³-hybridized carbons (Fsp3) is 0. The molecule has 0 amide bonds. The van der Waals surface area contributed by atoms with Gasteiger partial charge in [-0.2, -0.15) is 0 Å². The van der Waals surface area contributed by atoms with E-state index in [1.807, 2.05) is 0 Å². The maximum absolute atomic E-state index is 6.00. The summed E-state index contributed by atoms with van der Waals surface area (Å²) < 4.78 is 0. The second-order valence-corrected chi connectivity index (χ2v) is 5.53. The minimum absolute atomic E-state index is 0.429. The van der Waals surface area contributed by atoms with Gasteiger partial charge in [-0.05, 0) is 12.1 Å². The molecule has 96 valence electrons. The third kappa shape index (κ3) is 2.34. The summed E-state index contributed by atoms with van der Waals surface area (Å²) in [6.07, 6.45) is 3.03. The second kappa shape index (κ2) is 4.88. The summed E-state index contributed by atoms with van der Waals surface area (Å²) in [7, 11) is 0. The van der Waals surface area contributed by atoms with E-state index in [1.165, 1.54) is 18.1 Å². The van der Waals surface area contributed by atoms with Gasteiger partial charge >= 0.3 is 0 Å². The molecule has 0 atom stereocenters. The normalized spacial score (nSPS) is 11.1. The Morgan fingerprint density at radius 2 is 1.89 bits per heavy atom. The van der Waals surface area contributed by atoms with Crippen molar-refractivity contribution in [3.63, 3.8) is 0 Å². The first-order valence-electron chi connectivity index (χ1n) is 5.21. The largest absolute Gasteiger partial charge is 0.398 e. The van der Waals surface area contributed by atoms with Crippen molar-refractivity contribution in [2.24, 2.45) is 0 Å². The van der Waals surface area contributed by atoms with Gasteiger partial charge < -0.3 is 10.7 Å². The first kappa shape index (κ1) is 12.5. The first-order chi connectivity index (χ1) is 9.15. The summed E-state index contributed by atoms with van der Waals surface area (Å²) in [5, 5.41) is 1.61. The number of nitrogen functional groups attached to an aromatic ring is 1. The Morgan fingerprint density at radius 1 is 1.11 bits per heavy atom. The van der Waals surface area contributed by atoms with Crippen LogP contribution in [0.1, 0.15) is 0 Å². The predicted molar refractivity (Wildman–Crippen MR) is 76.7 cm³/mol. The number of hydrogen-bond donors (Lipinski definition) is 2. The van der Waals surface area contributed by atoms with Crippen molar-refractivity contribution in [2.45, 2.75) is 9.92 Å². The third-order valence-corrected chi connectivity index (χ3v) is 4.25. The van der Waals surface area contributed by atoms with E-state index in [9.17, 15) is 0 Å². The smallest absolute Gasteiger partial charge is 0.181 e. The Kier molecular flexibility index (Phi) is 3.22. The molecule has 0 bridgehead atoms. The molecule has 19 heavy (non-hydrogen) atoms. The Morgan fingerprint density at radius 3 is 2.74 bits per heavy atom. The summed E-state index contributed by atoms with van der Waals surface area (Å²) in [4.78, 5) is 16.1. The number of aromatic amines is 1. The van der Waals surface area contributed by atoms with Crippen LogP contribution < -0.4 is 5.73 Å². The van der Waals surface area contributed by atoms with E-state index in [2.05, 4.69) is 19.9 Å². The first-order valence-corrected chi connectivity index (χ1v) is 6.79. The number of halogens is 2. The lowest BCUT2D eigenvalue weighted by Gasteiger charge is -2.07. The maximum Gasteiger partial charge on any atom is 0.181 e. The average Bonchev–Trinajstić information content (AvgIpc) is 2.85. The maximum atomic E-state index is 6.00. The highest BCUT2D eigenvalue weighted by atomic mass is 35.5. The Balaban J connectivity index is 2.06. The van der Waals surface area contributed by atoms with Crippen molar-refractivity contribution in [3.05, 3.63) is 34.8 Å². The van der Waals surface area contributed by atoms with Gasteiger partial charge in [0.05, 0.1) is 16.4 Å². The molecular formula is C11H7Cl2N5S. The number of anilines is 1. The van der Waals surface area contributed by atoms with Gasteiger partial charge in [0.15, 0.2) is 5.65 Å². The second-order valence-electron chi connectivity index (χ2n) is 3.69. The lowest BCUT2D eigenvalue weighted by molar-refractivity contribution is 1.08. The van der Waals surface area contributed by atoms with Gasteiger partial charge in [0.25, 0.3) is 0 Å². The minimum atomic E-state index is 0.429. The highest BCUT2D eigenvalue weighted by molar-refractivity contribution is 7.99. The number of nitrogens with two attached hydrogens (primary N) is 1. The molecule has 3 rings (SSSR count). The molecule has 8 heteroatoms. The van der Waals surface area contributed by atoms with E-state index >= 15 is 0 Å². The van der Waals surface area contributed by atoms with E-state index in [1.54, 1.807) is 18.5 Å². The zero-order chi connectivity index (χ0) is 13.4. The number of rotatable bonds is 2. The van der Waals surface area contributed by atoms with Crippen molar-refractivity contribution < 1.29 is 0 Å². The molecule has 5 nitrogen and oxygen atoms in total. The number of nitrogens with one attached hydrogen (secondary N) is 1. The predicted octanol–water partition coefficient (Wildman–Crippen LogP) is 3.39. The number of benzene rings is 1. The summed E-state index contributed by atoms with van der Waals surface area (Å²) >= 11 is 13.3. The van der Waals surface area contributed by atoms with Crippen molar-refractivity contribution >= 4 is 51.8 Å². The van der Waals surface area contributed by atoms with Gasteiger partial charge in [0.2, 0.25) is 0 Å². The summed E-state index contributed by atoms with van der Waals surface area (Å²) in [5.74, 6) is 0. The van der Waals surface area contributed by atoms with Crippen molar-refractivity contribution in [1.29, 1.82) is 0 Å². The monoisotopic (exact) mass is 311 g/mol. The lowest BCUT2D eigenvalue weighted by atomic mass is 10.3. The van der Waals surface area contributed by atoms with E-state index in [-0.39, 0.29) is 0 Å². The highest BCUT2D eigenvalue weighted by Gasteiger charge is 2.11. The van der Waals surface area contributed by atoms with Crippen LogP contribution in [0.3, 0.4) is 0 Å². The molecule has 0 fully saturated rings. The SMILES string of the molecule is Nc1cc(Cl)c(Cl)cc1Sc1ncnc2nc[nH]c12. The Bertz CT molecular complexity index is 758. The van der Waals surface area contributed by atoms with Crippen LogP contribution in [0.5, 0.6) is 0 Å². The summed E-state index contributed by atoms with van der Waals surface area (Å²) in [6, 6.07) is 3.34. The molecule has 0 radical (unpaired) electrons. The van der Waals surface area contributed by atoms with Gasteiger partial charge in [0, 0.05) is 10.6 Å². The topological polar surface area (TPSA) is 80.5 Å². The molecule has 3 N–H and O–H groups in total. The standard InChI is InChI=1S/C11H7Cl2N5S/c12-5-1-7(14)8(2-6(5)13)19-11-9-10(16-3-15-9)17-4-18-11/h1-4H,14H2,(H,15,16,17,18). The van der Waals surface area contributed by atoms with Crippen LogP contribution in [0.4, 0.5) is 5.69 Å². The molecule has 0 aliphatic carbocycles. The Labute approximate surface area is 122 Å². The van der Waals surface area contributed by atoms with Gasteiger partial charge in [-0.1, -0.05) is 35.0 Å². The summed E-state index contributed by atoms with van der Waals surface area (Å²) in [6.45, 7) is 0. The quantitative estimate of drug-likeness (QED) is 0.560. The molecular weight excluding hydrogens is 305 g/mol. The molecule has 2 aromatic heterocycles. The van der Waals surface area contributed by atoms with Gasteiger partial charge in [0.1, 0.15) is 16.9 Å². The van der Waals surface area contributed by atoms with Crippen molar-refractivity contribution in [2.75, 3.05) is 5.73 Å².